The summed E-state index contributed by atoms with van der Waals surface area (Å²) in [6, 6.07) is 9.05. The van der Waals surface area contributed by atoms with E-state index in [4.69, 9.17) is 0 Å². The van der Waals surface area contributed by atoms with Crippen molar-refractivity contribution in [2.24, 2.45) is 5.92 Å². The first-order chi connectivity index (χ1) is 12.5. The zero-order valence-electron chi connectivity index (χ0n) is 16.6. The number of hydrogen-bond donors (Lipinski definition) is 1. The van der Waals surface area contributed by atoms with Gasteiger partial charge in [0, 0.05) is 58.4 Å². The Morgan fingerprint density at radius 1 is 1.12 bits per heavy atom. The number of carbonyl (C=O) groups excluding carboxylic acids is 1. The van der Waals surface area contributed by atoms with Gasteiger partial charge in [-0.1, -0.05) is 25.0 Å². The van der Waals surface area contributed by atoms with Crippen LogP contribution >= 0.6 is 0 Å². The lowest BCUT2D eigenvalue weighted by atomic mass is 10.0. The van der Waals surface area contributed by atoms with E-state index in [1.807, 2.05) is 0 Å². The lowest BCUT2D eigenvalue weighted by Gasteiger charge is -2.38. The van der Waals surface area contributed by atoms with Gasteiger partial charge in [-0.25, -0.2) is 0 Å². The van der Waals surface area contributed by atoms with Crippen molar-refractivity contribution in [3.63, 3.8) is 0 Å². The molecule has 2 fully saturated rings. The molecule has 0 radical (unpaired) electrons. The molecule has 1 heterocycles. The Bertz CT molecular complexity index is 572. The second-order valence-electron chi connectivity index (χ2n) is 8.07. The summed E-state index contributed by atoms with van der Waals surface area (Å²) < 4.78 is 0. The fraction of sp³-hybridized carbons (Fsp3) is 0.667. The normalized spacial score (nSPS) is 20.9. The van der Waals surface area contributed by atoms with Gasteiger partial charge in [0.15, 0.2) is 0 Å². The van der Waals surface area contributed by atoms with Gasteiger partial charge in [0.1, 0.15) is 0 Å². The van der Waals surface area contributed by atoms with Gasteiger partial charge < -0.3 is 15.1 Å². The second-order valence-corrected chi connectivity index (χ2v) is 8.07. The number of carbonyl (C=O) groups is 1. The maximum Gasteiger partial charge on any atom is 0.223 e. The lowest BCUT2D eigenvalue weighted by Crippen LogP contribution is -2.48. The van der Waals surface area contributed by atoms with E-state index in [0.29, 0.717) is 6.54 Å². The number of piperazine rings is 1. The minimum atomic E-state index is 0.235. The van der Waals surface area contributed by atoms with Crippen molar-refractivity contribution in [2.45, 2.75) is 31.7 Å². The van der Waals surface area contributed by atoms with E-state index < -0.39 is 0 Å². The molecule has 1 aromatic carbocycles. The molecular weight excluding hydrogens is 324 g/mol. The Hall–Kier alpha value is -1.59. The van der Waals surface area contributed by atoms with Gasteiger partial charge in [0.2, 0.25) is 5.91 Å². The maximum atomic E-state index is 12.5. The number of hydrogen-bond acceptors (Lipinski definition) is 4. The van der Waals surface area contributed by atoms with E-state index in [0.717, 1.165) is 39.0 Å². The molecule has 26 heavy (non-hydrogen) atoms. The lowest BCUT2D eigenvalue weighted by molar-refractivity contribution is -0.125. The van der Waals surface area contributed by atoms with Crippen LogP contribution in [0.25, 0.3) is 0 Å². The van der Waals surface area contributed by atoms with Crippen LogP contribution in [0.15, 0.2) is 24.3 Å². The van der Waals surface area contributed by atoms with Gasteiger partial charge in [-0.2, -0.15) is 0 Å². The molecule has 1 aromatic rings. The highest BCUT2D eigenvalue weighted by Gasteiger charge is 2.27. The number of anilines is 1. The second kappa shape index (κ2) is 8.87. The number of rotatable bonds is 6. The quantitative estimate of drug-likeness (QED) is 0.847. The molecular formula is C21H34N4O. The molecule has 1 atom stereocenters. The number of likely N-dealkylation sites (N-methyl/N-ethyl adjacent to an activating group) is 1. The van der Waals surface area contributed by atoms with Crippen molar-refractivity contribution in [3.8, 4) is 0 Å². The summed E-state index contributed by atoms with van der Waals surface area (Å²) in [7, 11) is 6.31. The van der Waals surface area contributed by atoms with Crippen LogP contribution in [0.5, 0.6) is 0 Å². The van der Waals surface area contributed by atoms with Crippen molar-refractivity contribution < 1.29 is 4.79 Å². The number of nitrogens with one attached hydrogen (secondary N) is 1. The zero-order valence-corrected chi connectivity index (χ0v) is 16.6. The third-order valence-corrected chi connectivity index (χ3v) is 5.97. The average molecular weight is 359 g/mol. The van der Waals surface area contributed by atoms with Crippen molar-refractivity contribution in [2.75, 3.05) is 58.8 Å². The zero-order chi connectivity index (χ0) is 18.5. The fourth-order valence-corrected chi connectivity index (χ4v) is 4.12. The first-order valence-electron chi connectivity index (χ1n) is 10.0. The summed E-state index contributed by atoms with van der Waals surface area (Å²) in [6.07, 6.45) is 4.52. The van der Waals surface area contributed by atoms with Crippen molar-refractivity contribution in [3.05, 3.63) is 29.8 Å². The van der Waals surface area contributed by atoms with Crippen LogP contribution in [0.4, 0.5) is 5.69 Å². The van der Waals surface area contributed by atoms with Gasteiger partial charge in [-0.05, 0) is 37.6 Å². The van der Waals surface area contributed by atoms with E-state index in [1.165, 1.54) is 24.1 Å². The molecule has 5 heteroatoms. The van der Waals surface area contributed by atoms with Crippen molar-refractivity contribution >= 4 is 11.6 Å². The van der Waals surface area contributed by atoms with Crippen LogP contribution in [0.3, 0.4) is 0 Å². The predicted molar refractivity (Wildman–Crippen MR) is 108 cm³/mol. The van der Waals surface area contributed by atoms with Crippen LogP contribution in [0.1, 0.15) is 37.3 Å². The van der Waals surface area contributed by atoms with Gasteiger partial charge >= 0.3 is 0 Å². The summed E-state index contributed by atoms with van der Waals surface area (Å²) in [5.74, 6) is 0.491. The van der Waals surface area contributed by atoms with Gasteiger partial charge in [-0.3, -0.25) is 9.69 Å². The van der Waals surface area contributed by atoms with E-state index in [2.05, 4.69) is 65.4 Å². The number of benzene rings is 1. The molecule has 3 rings (SSSR count). The van der Waals surface area contributed by atoms with Crippen LogP contribution in [-0.2, 0) is 4.79 Å². The van der Waals surface area contributed by atoms with E-state index in [9.17, 15) is 4.79 Å². The monoisotopic (exact) mass is 358 g/mol. The molecule has 5 nitrogen and oxygen atoms in total. The topological polar surface area (TPSA) is 38.8 Å². The number of amides is 1. The van der Waals surface area contributed by atoms with Gasteiger partial charge in [-0.15, -0.1) is 0 Å². The predicted octanol–water partition coefficient (Wildman–Crippen LogP) is 2.35. The van der Waals surface area contributed by atoms with Crippen LogP contribution in [0.2, 0.25) is 0 Å². The minimum Gasteiger partial charge on any atom is -0.378 e. The molecule has 2 aliphatic rings. The average Bonchev–Trinajstić information content (AvgIpc) is 3.18. The molecule has 1 saturated heterocycles. The SMILES string of the molecule is CN1CCN([C@H](CNC(=O)C2CCCC2)c2ccc(N(C)C)cc2)CC1. The smallest absolute Gasteiger partial charge is 0.223 e. The van der Waals surface area contributed by atoms with Crippen LogP contribution < -0.4 is 10.2 Å². The first-order valence-corrected chi connectivity index (χ1v) is 10.0. The maximum absolute atomic E-state index is 12.5. The Labute approximate surface area is 158 Å². The molecule has 1 aliphatic carbocycles. The molecule has 1 aliphatic heterocycles. The summed E-state index contributed by atoms with van der Waals surface area (Å²) in [5.41, 5.74) is 2.51. The fourth-order valence-electron chi connectivity index (χ4n) is 4.12. The first kappa shape index (κ1) is 19.2. The standard InChI is InChI=1S/C21H34N4O/c1-23(2)19-10-8-17(9-11-19)20(25-14-12-24(3)13-15-25)16-22-21(26)18-6-4-5-7-18/h8-11,18,20H,4-7,12-16H2,1-3H3,(H,22,26)/t20-/m1/s1. The summed E-state index contributed by atoms with van der Waals surface area (Å²) in [5, 5.41) is 3.26. The molecule has 0 bridgehead atoms. The molecule has 144 valence electrons. The van der Waals surface area contributed by atoms with Crippen molar-refractivity contribution in [1.29, 1.82) is 0 Å². The summed E-state index contributed by atoms with van der Waals surface area (Å²) in [6.45, 7) is 4.98. The van der Waals surface area contributed by atoms with Crippen molar-refractivity contribution in [1.82, 2.24) is 15.1 Å². The van der Waals surface area contributed by atoms with E-state index >= 15 is 0 Å². The molecule has 1 saturated carbocycles. The molecule has 0 spiro atoms. The minimum absolute atomic E-state index is 0.235. The van der Waals surface area contributed by atoms with Gasteiger partial charge in [0.25, 0.3) is 0 Å². The Balaban J connectivity index is 1.69. The highest BCUT2D eigenvalue weighted by Crippen LogP contribution is 2.26. The largest absolute Gasteiger partial charge is 0.378 e. The third-order valence-electron chi connectivity index (χ3n) is 5.97. The Kier molecular flexibility index (Phi) is 6.54. The van der Waals surface area contributed by atoms with Gasteiger partial charge in [0.05, 0.1) is 6.04 Å². The van der Waals surface area contributed by atoms with Crippen LogP contribution in [0, 0.1) is 5.92 Å². The molecule has 1 N–H and O–H groups in total. The molecule has 0 aromatic heterocycles. The highest BCUT2D eigenvalue weighted by atomic mass is 16.1. The van der Waals surface area contributed by atoms with Crippen LogP contribution in [-0.4, -0.2) is 69.6 Å². The van der Waals surface area contributed by atoms with E-state index in [-0.39, 0.29) is 17.9 Å². The third kappa shape index (κ3) is 4.77. The summed E-state index contributed by atoms with van der Waals surface area (Å²) in [4.78, 5) is 19.5. The highest BCUT2D eigenvalue weighted by molar-refractivity contribution is 5.78. The Morgan fingerprint density at radius 2 is 1.73 bits per heavy atom. The van der Waals surface area contributed by atoms with E-state index in [1.54, 1.807) is 0 Å². The number of nitrogens with zero attached hydrogens (tertiary/aromatic N) is 3. The molecule has 0 unspecified atom stereocenters. The molecule has 1 amide bonds. The Morgan fingerprint density at radius 3 is 2.31 bits per heavy atom. The summed E-state index contributed by atoms with van der Waals surface area (Å²) >= 11 is 0.